The zero-order valence-electron chi connectivity index (χ0n) is 18.2. The van der Waals surface area contributed by atoms with Crippen LogP contribution in [0.4, 0.5) is 11.4 Å². The van der Waals surface area contributed by atoms with E-state index in [-0.39, 0.29) is 21.4 Å². The van der Waals surface area contributed by atoms with Gasteiger partial charge in [0.15, 0.2) is 0 Å². The maximum Gasteiger partial charge on any atom is 0.262 e. The van der Waals surface area contributed by atoms with E-state index in [1.54, 1.807) is 17.0 Å². The molecule has 4 rings (SSSR count). The van der Waals surface area contributed by atoms with E-state index in [1.807, 2.05) is 0 Å². The highest BCUT2D eigenvalue weighted by molar-refractivity contribution is 7.92. The minimum Gasteiger partial charge on any atom is -0.312 e. The summed E-state index contributed by atoms with van der Waals surface area (Å²) in [5.74, 6) is 0.371. The van der Waals surface area contributed by atoms with E-state index in [9.17, 15) is 21.6 Å². The second-order valence-corrected chi connectivity index (χ2v) is 11.5. The quantitative estimate of drug-likeness (QED) is 0.667. The number of nitrogens with zero attached hydrogens (tertiary/aromatic N) is 2. The molecule has 0 aromatic heterocycles. The molecule has 11 heteroatoms. The van der Waals surface area contributed by atoms with Crippen molar-refractivity contribution in [3.63, 3.8) is 0 Å². The van der Waals surface area contributed by atoms with Crippen LogP contribution in [0.1, 0.15) is 38.2 Å². The summed E-state index contributed by atoms with van der Waals surface area (Å²) in [6.45, 7) is 2.61. The summed E-state index contributed by atoms with van der Waals surface area (Å²) in [6, 6.07) is 10.2. The van der Waals surface area contributed by atoms with Gasteiger partial charge in [0.05, 0.1) is 9.79 Å². The van der Waals surface area contributed by atoms with Gasteiger partial charge in [0, 0.05) is 37.8 Å². The highest BCUT2D eigenvalue weighted by atomic mass is 32.2. The van der Waals surface area contributed by atoms with Crippen LogP contribution in [0, 0.1) is 0 Å². The molecule has 9 nitrogen and oxygen atoms in total. The van der Waals surface area contributed by atoms with Gasteiger partial charge in [-0.3, -0.25) is 19.2 Å². The van der Waals surface area contributed by atoms with E-state index < -0.39 is 20.0 Å². The van der Waals surface area contributed by atoms with E-state index in [2.05, 4.69) is 14.4 Å². The first-order valence-electron chi connectivity index (χ1n) is 10.8. The van der Waals surface area contributed by atoms with E-state index >= 15 is 0 Å². The Morgan fingerprint density at radius 3 is 2.30 bits per heavy atom. The van der Waals surface area contributed by atoms with Gasteiger partial charge in [0.2, 0.25) is 5.91 Å². The molecule has 2 aromatic rings. The number of rotatable bonds is 5. The number of amidine groups is 1. The first kappa shape index (κ1) is 23.2. The van der Waals surface area contributed by atoms with E-state index in [0.717, 1.165) is 30.5 Å². The average molecular weight is 491 g/mol. The fourth-order valence-electron chi connectivity index (χ4n) is 3.96. The van der Waals surface area contributed by atoms with Gasteiger partial charge < -0.3 is 4.90 Å². The molecule has 0 saturated carbocycles. The van der Waals surface area contributed by atoms with Crippen LogP contribution in [0.15, 0.2) is 57.2 Å². The van der Waals surface area contributed by atoms with Crippen LogP contribution in [-0.2, 0) is 31.3 Å². The summed E-state index contributed by atoms with van der Waals surface area (Å²) >= 11 is 0. The number of hydrogen-bond acceptors (Lipinski definition) is 6. The third kappa shape index (κ3) is 5.19. The molecular formula is C22H26N4O5S2. The molecule has 2 heterocycles. The number of carbonyl (C=O) groups excluding carboxylic acids is 1. The number of aliphatic imine (C=N–C) groups is 1. The number of nitrogens with one attached hydrogen (secondary N) is 2. The number of amides is 1. The fourth-order valence-corrected chi connectivity index (χ4v) is 6.16. The Balaban J connectivity index is 1.48. The van der Waals surface area contributed by atoms with Gasteiger partial charge in [-0.15, -0.1) is 0 Å². The van der Waals surface area contributed by atoms with Gasteiger partial charge in [0.25, 0.3) is 20.0 Å². The van der Waals surface area contributed by atoms with Crippen molar-refractivity contribution in [3.05, 3.63) is 48.0 Å². The molecule has 2 aliphatic rings. The van der Waals surface area contributed by atoms with Crippen molar-refractivity contribution in [2.45, 2.75) is 48.8 Å². The van der Waals surface area contributed by atoms with E-state index in [4.69, 9.17) is 0 Å². The molecule has 0 bridgehead atoms. The Hall–Kier alpha value is -2.92. The Labute approximate surface area is 194 Å². The van der Waals surface area contributed by atoms with Gasteiger partial charge in [-0.25, -0.2) is 16.8 Å². The van der Waals surface area contributed by atoms with Crippen LogP contribution in [0.2, 0.25) is 0 Å². The van der Waals surface area contributed by atoms with Gasteiger partial charge in [-0.2, -0.15) is 0 Å². The van der Waals surface area contributed by atoms with E-state index in [1.165, 1.54) is 37.3 Å². The van der Waals surface area contributed by atoms with Gasteiger partial charge in [-0.05, 0) is 67.3 Å². The summed E-state index contributed by atoms with van der Waals surface area (Å²) in [5.41, 5.74) is 1.76. The fraction of sp³-hybridized carbons (Fsp3) is 0.364. The first-order valence-corrected chi connectivity index (χ1v) is 13.7. The molecule has 2 N–H and O–H groups in total. The minimum absolute atomic E-state index is 0.0271. The van der Waals surface area contributed by atoms with Crippen molar-refractivity contribution >= 4 is 43.2 Å². The molecule has 2 aliphatic heterocycles. The summed E-state index contributed by atoms with van der Waals surface area (Å²) in [5, 5.41) is 0. The smallest absolute Gasteiger partial charge is 0.262 e. The van der Waals surface area contributed by atoms with Crippen LogP contribution in [0.25, 0.3) is 0 Å². The van der Waals surface area contributed by atoms with Gasteiger partial charge >= 0.3 is 0 Å². The molecule has 0 fully saturated rings. The van der Waals surface area contributed by atoms with Crippen LogP contribution in [0.3, 0.4) is 0 Å². The highest BCUT2D eigenvalue weighted by Crippen LogP contribution is 2.31. The molecule has 176 valence electrons. The van der Waals surface area contributed by atoms with Crippen molar-refractivity contribution in [1.29, 1.82) is 0 Å². The van der Waals surface area contributed by atoms with Crippen molar-refractivity contribution in [2.75, 3.05) is 22.7 Å². The lowest BCUT2D eigenvalue weighted by molar-refractivity contribution is -0.116. The maximum atomic E-state index is 12.9. The molecule has 0 atom stereocenters. The standard InChI is InChI=1S/C22H26N4O5S2/c1-16(27)26-14-12-17-15-20(10-11-21(17)26)33(30,31)24-18-6-8-19(9-7-18)32(28,29)25-22-5-3-2-4-13-23-22/h6-11,15,24H,2-5,12-14H2,1H3,(H,23,25). The zero-order valence-corrected chi connectivity index (χ0v) is 19.9. The number of anilines is 2. The molecular weight excluding hydrogens is 464 g/mol. The van der Waals surface area contributed by atoms with Gasteiger partial charge in [0.1, 0.15) is 5.84 Å². The third-order valence-corrected chi connectivity index (χ3v) is 8.46. The molecule has 0 saturated heterocycles. The number of benzene rings is 2. The molecule has 0 unspecified atom stereocenters. The van der Waals surface area contributed by atoms with E-state index in [0.29, 0.717) is 31.8 Å². The lowest BCUT2D eigenvalue weighted by Crippen LogP contribution is -2.30. The van der Waals surface area contributed by atoms with Crippen LogP contribution in [-0.4, -0.2) is 41.7 Å². The summed E-state index contributed by atoms with van der Waals surface area (Å²) in [4.78, 5) is 17.7. The Bertz CT molecular complexity index is 1300. The molecule has 33 heavy (non-hydrogen) atoms. The molecule has 0 radical (unpaired) electrons. The monoisotopic (exact) mass is 490 g/mol. The third-order valence-electron chi connectivity index (χ3n) is 5.68. The van der Waals surface area contributed by atoms with Crippen LogP contribution >= 0.6 is 0 Å². The largest absolute Gasteiger partial charge is 0.312 e. The second kappa shape index (κ2) is 9.14. The first-order chi connectivity index (χ1) is 15.7. The normalized spacial score (nSPS) is 16.5. The van der Waals surface area contributed by atoms with Gasteiger partial charge in [-0.1, -0.05) is 6.42 Å². The topological polar surface area (TPSA) is 125 Å². The molecule has 1 amide bonds. The molecule has 0 aliphatic carbocycles. The van der Waals surface area contributed by atoms with Crippen LogP contribution in [0.5, 0.6) is 0 Å². The Kier molecular flexibility index (Phi) is 6.44. The lowest BCUT2D eigenvalue weighted by Gasteiger charge is -2.15. The summed E-state index contributed by atoms with van der Waals surface area (Å²) < 4.78 is 56.0. The molecule has 0 spiro atoms. The number of hydrogen-bond donors (Lipinski definition) is 2. The number of carbonyl (C=O) groups is 1. The minimum atomic E-state index is -3.89. The highest BCUT2D eigenvalue weighted by Gasteiger charge is 2.25. The zero-order chi connectivity index (χ0) is 23.6. The van der Waals surface area contributed by atoms with Crippen molar-refractivity contribution in [2.24, 2.45) is 4.99 Å². The second-order valence-electron chi connectivity index (χ2n) is 8.09. The van der Waals surface area contributed by atoms with Crippen LogP contribution < -0.4 is 14.3 Å². The number of fused-ring (bicyclic) bond motifs is 1. The average Bonchev–Trinajstić information content (AvgIpc) is 3.03. The van der Waals surface area contributed by atoms with Crippen molar-refractivity contribution in [3.8, 4) is 0 Å². The van der Waals surface area contributed by atoms with Crippen molar-refractivity contribution in [1.82, 2.24) is 4.72 Å². The SMILES string of the molecule is CC(=O)N1CCc2cc(S(=O)(=O)Nc3ccc(S(=O)(=O)NC4=NCCCCC4)cc3)ccc21. The van der Waals surface area contributed by atoms with Crippen molar-refractivity contribution < 1.29 is 21.6 Å². The maximum absolute atomic E-state index is 12.9. The lowest BCUT2D eigenvalue weighted by atomic mass is 10.2. The predicted molar refractivity (Wildman–Crippen MR) is 127 cm³/mol. The Morgan fingerprint density at radius 1 is 0.879 bits per heavy atom. The Morgan fingerprint density at radius 2 is 1.58 bits per heavy atom. The number of sulfonamides is 2. The predicted octanol–water partition coefficient (Wildman–Crippen LogP) is 2.65. The summed E-state index contributed by atoms with van der Waals surface area (Å²) in [7, 11) is -7.68. The summed E-state index contributed by atoms with van der Waals surface area (Å²) in [6.07, 6.45) is 4.02. The molecule has 2 aromatic carbocycles.